The molecule has 0 aliphatic carbocycles. The highest BCUT2D eigenvalue weighted by Gasteiger charge is 2.31. The Morgan fingerprint density at radius 2 is 2.19 bits per heavy atom. The average molecular weight is 221 g/mol. The van der Waals surface area contributed by atoms with E-state index in [4.69, 9.17) is 9.84 Å². The van der Waals surface area contributed by atoms with Gasteiger partial charge in [0, 0.05) is 0 Å². The van der Waals surface area contributed by atoms with Gasteiger partial charge in [-0.25, -0.2) is 9.59 Å². The molecule has 5 heteroatoms. The molecule has 1 atom stereocenters. The van der Waals surface area contributed by atoms with Gasteiger partial charge in [-0.15, -0.1) is 0 Å². The number of nitrogens with zero attached hydrogens (tertiary/aromatic N) is 1. The summed E-state index contributed by atoms with van der Waals surface area (Å²) in [6.45, 7) is 2.14. The third-order valence-corrected chi connectivity index (χ3v) is 2.39. The molecule has 1 unspecified atom stereocenters. The fraction of sp³-hybridized carbons (Fsp3) is 0.273. The van der Waals surface area contributed by atoms with Gasteiger partial charge in [0.05, 0.1) is 17.8 Å². The molecule has 1 aromatic rings. The lowest BCUT2D eigenvalue weighted by molar-refractivity contribution is 0.0697. The Balaban J connectivity index is 2.40. The van der Waals surface area contributed by atoms with Crippen molar-refractivity contribution in [3.05, 3.63) is 29.8 Å². The molecule has 1 amide bonds. The largest absolute Gasteiger partial charge is 0.478 e. The maximum atomic E-state index is 11.5. The summed E-state index contributed by atoms with van der Waals surface area (Å²) < 4.78 is 4.96. The second-order valence-corrected chi connectivity index (χ2v) is 3.63. The van der Waals surface area contributed by atoms with Crippen LogP contribution in [0.4, 0.5) is 10.5 Å². The number of anilines is 1. The van der Waals surface area contributed by atoms with Gasteiger partial charge in [0.2, 0.25) is 0 Å². The van der Waals surface area contributed by atoms with Crippen LogP contribution < -0.4 is 4.90 Å². The van der Waals surface area contributed by atoms with Crippen LogP contribution in [0.25, 0.3) is 0 Å². The lowest BCUT2D eigenvalue weighted by Gasteiger charge is -2.14. The van der Waals surface area contributed by atoms with E-state index in [1.807, 2.05) is 0 Å². The van der Waals surface area contributed by atoms with Gasteiger partial charge in [0.1, 0.15) is 6.10 Å². The predicted molar refractivity (Wildman–Crippen MR) is 56.7 cm³/mol. The van der Waals surface area contributed by atoms with Crippen LogP contribution in [0.15, 0.2) is 24.3 Å². The molecule has 1 heterocycles. The van der Waals surface area contributed by atoms with Gasteiger partial charge in [-0.1, -0.05) is 12.1 Å². The van der Waals surface area contributed by atoms with Crippen molar-refractivity contribution in [2.45, 2.75) is 13.0 Å². The van der Waals surface area contributed by atoms with E-state index < -0.39 is 12.1 Å². The number of carbonyl (C=O) groups excluding carboxylic acids is 1. The molecular weight excluding hydrogens is 210 g/mol. The normalized spacial score (nSPS) is 19.7. The fourth-order valence-electron chi connectivity index (χ4n) is 1.69. The Hall–Kier alpha value is -2.04. The van der Waals surface area contributed by atoms with Crippen LogP contribution in [0.2, 0.25) is 0 Å². The number of para-hydroxylation sites is 1. The van der Waals surface area contributed by atoms with Crippen molar-refractivity contribution >= 4 is 17.7 Å². The standard InChI is InChI=1S/C11H11NO4/c1-7-6-12(11(15)16-7)9-5-3-2-4-8(9)10(13)14/h2-5,7H,6H2,1H3,(H,13,14). The van der Waals surface area contributed by atoms with Crippen molar-refractivity contribution in [1.29, 1.82) is 0 Å². The molecule has 1 saturated heterocycles. The van der Waals surface area contributed by atoms with Crippen LogP contribution >= 0.6 is 0 Å². The molecular formula is C11H11NO4. The molecule has 0 radical (unpaired) electrons. The van der Waals surface area contributed by atoms with E-state index in [2.05, 4.69) is 0 Å². The topological polar surface area (TPSA) is 66.8 Å². The molecule has 0 saturated carbocycles. The first kappa shape index (κ1) is 10.5. The summed E-state index contributed by atoms with van der Waals surface area (Å²) in [4.78, 5) is 23.8. The monoisotopic (exact) mass is 221 g/mol. The number of carboxylic acids is 1. The van der Waals surface area contributed by atoms with Gasteiger partial charge in [-0.2, -0.15) is 0 Å². The Labute approximate surface area is 92.2 Å². The minimum Gasteiger partial charge on any atom is -0.478 e. The minimum absolute atomic E-state index is 0.105. The van der Waals surface area contributed by atoms with Gasteiger partial charge < -0.3 is 9.84 Å². The van der Waals surface area contributed by atoms with Crippen molar-refractivity contribution in [1.82, 2.24) is 0 Å². The molecule has 1 aliphatic heterocycles. The fourth-order valence-corrected chi connectivity index (χ4v) is 1.69. The van der Waals surface area contributed by atoms with E-state index in [9.17, 15) is 9.59 Å². The van der Waals surface area contributed by atoms with E-state index >= 15 is 0 Å². The van der Waals surface area contributed by atoms with Gasteiger partial charge in [0.25, 0.3) is 0 Å². The van der Waals surface area contributed by atoms with Gasteiger partial charge in [-0.05, 0) is 19.1 Å². The third kappa shape index (κ3) is 1.71. The van der Waals surface area contributed by atoms with Crippen molar-refractivity contribution in [3.63, 3.8) is 0 Å². The van der Waals surface area contributed by atoms with E-state index in [0.29, 0.717) is 12.2 Å². The number of amides is 1. The third-order valence-electron chi connectivity index (χ3n) is 2.39. The number of hydrogen-bond acceptors (Lipinski definition) is 3. The van der Waals surface area contributed by atoms with Crippen LogP contribution in [0.5, 0.6) is 0 Å². The number of ether oxygens (including phenoxy) is 1. The van der Waals surface area contributed by atoms with Crippen LogP contribution in [-0.2, 0) is 4.74 Å². The summed E-state index contributed by atoms with van der Waals surface area (Å²) in [6, 6.07) is 6.38. The highest BCUT2D eigenvalue weighted by molar-refractivity contribution is 6.00. The van der Waals surface area contributed by atoms with E-state index in [1.54, 1.807) is 25.1 Å². The number of cyclic esters (lactones) is 1. The zero-order valence-electron chi connectivity index (χ0n) is 8.71. The maximum Gasteiger partial charge on any atom is 0.414 e. The summed E-state index contributed by atoms with van der Waals surface area (Å²) in [5, 5.41) is 9.00. The lowest BCUT2D eigenvalue weighted by atomic mass is 10.1. The smallest absolute Gasteiger partial charge is 0.414 e. The lowest BCUT2D eigenvalue weighted by Crippen LogP contribution is -2.26. The highest BCUT2D eigenvalue weighted by Crippen LogP contribution is 2.25. The van der Waals surface area contributed by atoms with Crippen molar-refractivity contribution in [2.75, 3.05) is 11.4 Å². The molecule has 0 bridgehead atoms. The quantitative estimate of drug-likeness (QED) is 0.825. The highest BCUT2D eigenvalue weighted by atomic mass is 16.6. The molecule has 0 aromatic heterocycles. The zero-order chi connectivity index (χ0) is 11.7. The van der Waals surface area contributed by atoms with Gasteiger partial charge in [0.15, 0.2) is 0 Å². The number of rotatable bonds is 2. The second-order valence-electron chi connectivity index (χ2n) is 3.63. The molecule has 0 spiro atoms. The van der Waals surface area contributed by atoms with Crippen molar-refractivity contribution < 1.29 is 19.4 Å². The number of carbonyl (C=O) groups is 2. The molecule has 16 heavy (non-hydrogen) atoms. The first-order valence-corrected chi connectivity index (χ1v) is 4.90. The Bertz CT molecular complexity index is 443. The first-order chi connectivity index (χ1) is 7.59. The van der Waals surface area contributed by atoms with Gasteiger partial charge >= 0.3 is 12.1 Å². The minimum atomic E-state index is -1.05. The van der Waals surface area contributed by atoms with Crippen molar-refractivity contribution in [2.24, 2.45) is 0 Å². The number of hydrogen-bond donors (Lipinski definition) is 1. The number of benzene rings is 1. The molecule has 1 N–H and O–H groups in total. The molecule has 1 aliphatic rings. The molecule has 2 rings (SSSR count). The van der Waals surface area contributed by atoms with Crippen LogP contribution in [0.1, 0.15) is 17.3 Å². The summed E-state index contributed by atoms with van der Waals surface area (Å²) in [7, 11) is 0. The average Bonchev–Trinajstić information content (AvgIpc) is 2.57. The Morgan fingerprint density at radius 1 is 1.50 bits per heavy atom. The molecule has 5 nitrogen and oxygen atoms in total. The van der Waals surface area contributed by atoms with Gasteiger partial charge in [-0.3, -0.25) is 4.90 Å². The summed E-state index contributed by atoms with van der Waals surface area (Å²) in [5.74, 6) is -1.05. The summed E-state index contributed by atoms with van der Waals surface area (Å²) >= 11 is 0. The first-order valence-electron chi connectivity index (χ1n) is 4.90. The number of carboxylic acid groups (broad SMARTS) is 1. The SMILES string of the molecule is CC1CN(c2ccccc2C(=O)O)C(=O)O1. The predicted octanol–water partition coefficient (Wildman–Crippen LogP) is 1.73. The second kappa shape index (κ2) is 3.84. The maximum absolute atomic E-state index is 11.5. The van der Waals surface area contributed by atoms with Crippen LogP contribution in [0.3, 0.4) is 0 Å². The molecule has 1 aromatic carbocycles. The van der Waals surface area contributed by atoms with Crippen LogP contribution in [0, 0.1) is 0 Å². The van der Waals surface area contributed by atoms with E-state index in [-0.39, 0.29) is 11.7 Å². The van der Waals surface area contributed by atoms with E-state index in [1.165, 1.54) is 11.0 Å². The van der Waals surface area contributed by atoms with Crippen molar-refractivity contribution in [3.8, 4) is 0 Å². The van der Waals surface area contributed by atoms with E-state index in [0.717, 1.165) is 0 Å². The molecule has 1 fully saturated rings. The zero-order valence-corrected chi connectivity index (χ0v) is 8.71. The van der Waals surface area contributed by atoms with Crippen LogP contribution in [-0.4, -0.2) is 29.8 Å². The Kier molecular flexibility index (Phi) is 2.52. The summed E-state index contributed by atoms with van der Waals surface area (Å²) in [5.41, 5.74) is 0.484. The Morgan fingerprint density at radius 3 is 2.75 bits per heavy atom. The molecule has 84 valence electrons. The number of aromatic carboxylic acids is 1. The summed E-state index contributed by atoms with van der Waals surface area (Å²) in [6.07, 6.45) is -0.712.